The molecule has 0 aliphatic heterocycles. The standard InChI is InChI=1S/C15H19ClFNO4/c1-2-22-7-3-4-14(19)18-13(9-15(20)21)10-5-6-11(16)12(17)8-10/h5-6,8,13H,2-4,7,9H2,1H3,(H,18,19)(H,20,21). The van der Waals surface area contributed by atoms with Gasteiger partial charge in [0.25, 0.3) is 0 Å². The van der Waals surface area contributed by atoms with Gasteiger partial charge in [0.15, 0.2) is 0 Å². The van der Waals surface area contributed by atoms with Gasteiger partial charge in [-0.2, -0.15) is 0 Å². The first-order valence-corrected chi connectivity index (χ1v) is 7.35. The summed E-state index contributed by atoms with van der Waals surface area (Å²) in [6.45, 7) is 2.90. The summed E-state index contributed by atoms with van der Waals surface area (Å²) in [6.07, 6.45) is 0.416. The van der Waals surface area contributed by atoms with E-state index in [4.69, 9.17) is 21.4 Å². The first-order chi connectivity index (χ1) is 10.4. The summed E-state index contributed by atoms with van der Waals surface area (Å²) in [4.78, 5) is 22.8. The van der Waals surface area contributed by atoms with Gasteiger partial charge in [-0.1, -0.05) is 17.7 Å². The molecule has 0 radical (unpaired) electrons. The first-order valence-electron chi connectivity index (χ1n) is 6.98. The Labute approximate surface area is 133 Å². The van der Waals surface area contributed by atoms with Crippen molar-refractivity contribution in [3.63, 3.8) is 0 Å². The van der Waals surface area contributed by atoms with Crippen molar-refractivity contribution in [1.29, 1.82) is 0 Å². The van der Waals surface area contributed by atoms with E-state index in [0.717, 1.165) is 6.07 Å². The van der Waals surface area contributed by atoms with Gasteiger partial charge in [-0.15, -0.1) is 0 Å². The van der Waals surface area contributed by atoms with Crippen LogP contribution in [0.3, 0.4) is 0 Å². The van der Waals surface area contributed by atoms with E-state index in [1.54, 1.807) is 0 Å². The molecule has 0 saturated carbocycles. The van der Waals surface area contributed by atoms with E-state index in [1.165, 1.54) is 12.1 Å². The van der Waals surface area contributed by atoms with E-state index in [0.29, 0.717) is 25.2 Å². The highest BCUT2D eigenvalue weighted by molar-refractivity contribution is 6.30. The van der Waals surface area contributed by atoms with Gasteiger partial charge in [-0.3, -0.25) is 9.59 Å². The van der Waals surface area contributed by atoms with Crippen molar-refractivity contribution in [3.8, 4) is 0 Å². The first kappa shape index (κ1) is 18.4. The summed E-state index contributed by atoms with van der Waals surface area (Å²) in [5.74, 6) is -2.04. The number of hydrogen-bond donors (Lipinski definition) is 2. The van der Waals surface area contributed by atoms with Crippen LogP contribution >= 0.6 is 11.6 Å². The van der Waals surface area contributed by atoms with E-state index < -0.39 is 17.8 Å². The number of carboxylic acids is 1. The molecule has 1 amide bonds. The summed E-state index contributed by atoms with van der Waals surface area (Å²) in [6, 6.07) is 3.17. The molecule has 0 bridgehead atoms. The summed E-state index contributed by atoms with van der Waals surface area (Å²) < 4.78 is 18.6. The molecule has 7 heteroatoms. The molecular formula is C15H19ClFNO4. The van der Waals surface area contributed by atoms with Crippen molar-refractivity contribution in [2.45, 2.75) is 32.2 Å². The Bertz CT molecular complexity index is 524. The van der Waals surface area contributed by atoms with Crippen LogP contribution < -0.4 is 5.32 Å². The average molecular weight is 332 g/mol. The van der Waals surface area contributed by atoms with Gasteiger partial charge in [0.2, 0.25) is 5.91 Å². The van der Waals surface area contributed by atoms with Crippen LogP contribution in [0.4, 0.5) is 4.39 Å². The largest absolute Gasteiger partial charge is 0.481 e. The van der Waals surface area contributed by atoms with E-state index in [9.17, 15) is 14.0 Å². The van der Waals surface area contributed by atoms with Gasteiger partial charge in [0, 0.05) is 19.6 Å². The predicted molar refractivity (Wildman–Crippen MR) is 80.3 cm³/mol. The molecule has 1 aromatic rings. The molecule has 0 saturated heterocycles. The van der Waals surface area contributed by atoms with Gasteiger partial charge in [0.1, 0.15) is 5.82 Å². The summed E-state index contributed by atoms with van der Waals surface area (Å²) in [5.41, 5.74) is 0.363. The molecule has 0 fully saturated rings. The molecule has 0 aromatic heterocycles. The highest BCUT2D eigenvalue weighted by Crippen LogP contribution is 2.22. The van der Waals surface area contributed by atoms with Crippen molar-refractivity contribution in [2.24, 2.45) is 0 Å². The lowest BCUT2D eigenvalue weighted by Gasteiger charge is -2.18. The zero-order valence-electron chi connectivity index (χ0n) is 12.3. The highest BCUT2D eigenvalue weighted by Gasteiger charge is 2.19. The Kier molecular flexibility index (Phi) is 7.84. The maximum absolute atomic E-state index is 13.5. The lowest BCUT2D eigenvalue weighted by molar-refractivity contribution is -0.137. The fourth-order valence-electron chi connectivity index (χ4n) is 1.90. The number of nitrogens with one attached hydrogen (secondary N) is 1. The molecule has 1 aromatic carbocycles. The van der Waals surface area contributed by atoms with E-state index in [2.05, 4.69) is 5.32 Å². The Morgan fingerprint density at radius 3 is 2.77 bits per heavy atom. The van der Waals surface area contributed by atoms with Crippen LogP contribution in [0.5, 0.6) is 0 Å². The SMILES string of the molecule is CCOCCCC(=O)NC(CC(=O)O)c1ccc(Cl)c(F)c1. The quantitative estimate of drug-likeness (QED) is 0.682. The monoisotopic (exact) mass is 331 g/mol. The third kappa shape index (κ3) is 6.41. The fourth-order valence-corrected chi connectivity index (χ4v) is 2.02. The van der Waals surface area contributed by atoms with Crippen molar-refractivity contribution < 1.29 is 23.8 Å². The number of carboxylic acid groups (broad SMARTS) is 1. The van der Waals surface area contributed by atoms with E-state index >= 15 is 0 Å². The minimum atomic E-state index is -1.09. The molecule has 1 atom stereocenters. The van der Waals surface area contributed by atoms with Gasteiger partial charge in [-0.05, 0) is 31.0 Å². The Balaban J connectivity index is 2.69. The average Bonchev–Trinajstić information content (AvgIpc) is 2.45. The van der Waals surface area contributed by atoms with Crippen molar-refractivity contribution in [2.75, 3.05) is 13.2 Å². The topological polar surface area (TPSA) is 75.6 Å². The number of benzene rings is 1. The van der Waals surface area contributed by atoms with Crippen LogP contribution in [-0.2, 0) is 14.3 Å². The lowest BCUT2D eigenvalue weighted by atomic mass is 10.0. The molecule has 0 heterocycles. The van der Waals surface area contributed by atoms with Crippen molar-refractivity contribution in [1.82, 2.24) is 5.32 Å². The minimum Gasteiger partial charge on any atom is -0.481 e. The molecule has 1 rings (SSSR count). The van der Waals surface area contributed by atoms with Crippen LogP contribution in [0.15, 0.2) is 18.2 Å². The molecule has 122 valence electrons. The molecule has 22 heavy (non-hydrogen) atoms. The fraction of sp³-hybridized carbons (Fsp3) is 0.467. The summed E-state index contributed by atoms with van der Waals surface area (Å²) in [7, 11) is 0. The second-order valence-electron chi connectivity index (χ2n) is 4.69. The van der Waals surface area contributed by atoms with Gasteiger partial charge in [-0.25, -0.2) is 4.39 Å². The van der Waals surface area contributed by atoms with Crippen LogP contribution in [0.2, 0.25) is 5.02 Å². The van der Waals surface area contributed by atoms with Crippen LogP contribution in [0.25, 0.3) is 0 Å². The zero-order valence-corrected chi connectivity index (χ0v) is 13.0. The number of halogens is 2. The third-order valence-electron chi connectivity index (χ3n) is 2.96. The van der Waals surface area contributed by atoms with Gasteiger partial charge in [0.05, 0.1) is 17.5 Å². The third-order valence-corrected chi connectivity index (χ3v) is 3.26. The second-order valence-corrected chi connectivity index (χ2v) is 5.10. The van der Waals surface area contributed by atoms with E-state index in [1.807, 2.05) is 6.92 Å². The highest BCUT2D eigenvalue weighted by atomic mass is 35.5. The smallest absolute Gasteiger partial charge is 0.305 e. The second kappa shape index (κ2) is 9.38. The number of aliphatic carboxylic acids is 1. The zero-order chi connectivity index (χ0) is 16.5. The Morgan fingerprint density at radius 2 is 2.18 bits per heavy atom. The molecular weight excluding hydrogens is 313 g/mol. The number of amides is 1. The normalized spacial score (nSPS) is 12.0. The molecule has 0 spiro atoms. The van der Waals surface area contributed by atoms with E-state index in [-0.39, 0.29) is 23.8 Å². The molecule has 5 nitrogen and oxygen atoms in total. The number of ether oxygens (including phenoxy) is 1. The maximum Gasteiger partial charge on any atom is 0.305 e. The van der Waals surface area contributed by atoms with Crippen molar-refractivity contribution in [3.05, 3.63) is 34.6 Å². The Morgan fingerprint density at radius 1 is 1.45 bits per heavy atom. The van der Waals surface area contributed by atoms with Gasteiger partial charge >= 0.3 is 5.97 Å². The molecule has 0 aliphatic carbocycles. The predicted octanol–water partition coefficient (Wildman–Crippen LogP) is 2.93. The number of carbonyl (C=O) groups excluding carboxylic acids is 1. The molecule has 0 aliphatic rings. The molecule has 1 unspecified atom stereocenters. The summed E-state index contributed by atoms with van der Waals surface area (Å²) >= 11 is 5.60. The van der Waals surface area contributed by atoms with Gasteiger partial charge < -0.3 is 15.2 Å². The summed E-state index contributed by atoms with van der Waals surface area (Å²) in [5, 5.41) is 11.5. The van der Waals surface area contributed by atoms with Crippen LogP contribution in [0, 0.1) is 5.82 Å². The number of rotatable bonds is 9. The number of carbonyl (C=O) groups is 2. The lowest BCUT2D eigenvalue weighted by Crippen LogP contribution is -2.30. The maximum atomic E-state index is 13.5. The number of hydrogen-bond acceptors (Lipinski definition) is 3. The Hall–Kier alpha value is -1.66. The minimum absolute atomic E-state index is 0.0548. The van der Waals surface area contributed by atoms with Crippen LogP contribution in [-0.4, -0.2) is 30.2 Å². The molecule has 2 N–H and O–H groups in total. The van der Waals surface area contributed by atoms with Crippen LogP contribution in [0.1, 0.15) is 37.8 Å². The van der Waals surface area contributed by atoms with Crippen molar-refractivity contribution >= 4 is 23.5 Å².